The average Bonchev–Trinajstić information content (AvgIpc) is 1.87. The zero-order valence-corrected chi connectivity index (χ0v) is 6.48. The number of amides is 2. The molecule has 0 aliphatic heterocycles. The molecule has 60 valence electrons. The van der Waals surface area contributed by atoms with E-state index in [0.29, 0.717) is 6.54 Å². The summed E-state index contributed by atoms with van der Waals surface area (Å²) in [6.07, 6.45) is 0.784. The van der Waals surface area contributed by atoms with Crippen molar-refractivity contribution in [2.45, 2.75) is 25.8 Å². The zero-order chi connectivity index (χ0) is 8.20. The Hall–Kier alpha value is -0.770. The minimum atomic E-state index is -0.519. The normalized spacial score (nSPS) is 15.9. The molecule has 0 bridgehead atoms. The number of primary amides is 1. The number of carbonyl (C=O) groups excluding carboxylic acids is 1. The first-order valence-electron chi connectivity index (χ1n) is 3.32. The quantitative estimate of drug-likeness (QED) is 0.513. The molecular weight excluding hydrogens is 130 g/mol. The lowest BCUT2D eigenvalue weighted by molar-refractivity contribution is 0.235. The predicted octanol–water partition coefficient (Wildman–Crippen LogP) is -0.218. The molecule has 0 spiro atoms. The lowest BCUT2D eigenvalue weighted by atomic mass is 10.00. The average molecular weight is 145 g/mol. The molecule has 0 aromatic rings. The van der Waals surface area contributed by atoms with Crippen LogP contribution < -0.4 is 16.8 Å². The van der Waals surface area contributed by atoms with Crippen molar-refractivity contribution in [1.29, 1.82) is 0 Å². The molecular formula is C6H15N3O. The fourth-order valence-electron chi connectivity index (χ4n) is 0.581. The molecule has 0 aromatic heterocycles. The van der Waals surface area contributed by atoms with Crippen molar-refractivity contribution in [3.63, 3.8) is 0 Å². The number of carbonyl (C=O) groups is 1. The molecule has 0 aliphatic rings. The maximum absolute atomic E-state index is 10.4. The number of rotatable bonds is 3. The van der Waals surface area contributed by atoms with E-state index in [0.717, 1.165) is 6.42 Å². The van der Waals surface area contributed by atoms with Crippen LogP contribution in [0.2, 0.25) is 0 Å². The molecule has 2 amide bonds. The van der Waals surface area contributed by atoms with Gasteiger partial charge in [-0.1, -0.05) is 6.92 Å². The topological polar surface area (TPSA) is 81.1 Å². The van der Waals surface area contributed by atoms with E-state index in [1.165, 1.54) is 0 Å². The number of nitrogens with one attached hydrogen (secondary N) is 1. The number of nitrogens with two attached hydrogens (primary N) is 2. The molecule has 5 N–H and O–H groups in total. The van der Waals surface area contributed by atoms with Crippen LogP contribution >= 0.6 is 0 Å². The minimum Gasteiger partial charge on any atom is -0.352 e. The van der Waals surface area contributed by atoms with E-state index in [1.807, 2.05) is 13.8 Å². The summed E-state index contributed by atoms with van der Waals surface area (Å²) < 4.78 is 0. The summed E-state index contributed by atoms with van der Waals surface area (Å²) in [4.78, 5) is 10.4. The van der Waals surface area contributed by atoms with Crippen molar-refractivity contribution in [2.24, 2.45) is 11.5 Å². The smallest absolute Gasteiger partial charge is 0.312 e. The second-order valence-corrected chi connectivity index (χ2v) is 2.61. The van der Waals surface area contributed by atoms with Gasteiger partial charge < -0.3 is 16.8 Å². The molecule has 0 saturated heterocycles. The fraction of sp³-hybridized carbons (Fsp3) is 0.833. The molecule has 4 nitrogen and oxygen atoms in total. The van der Waals surface area contributed by atoms with Gasteiger partial charge in [0, 0.05) is 6.54 Å². The number of hydrogen-bond donors (Lipinski definition) is 3. The third-order valence-corrected chi connectivity index (χ3v) is 1.66. The molecule has 0 fully saturated rings. The molecule has 1 unspecified atom stereocenters. The van der Waals surface area contributed by atoms with Gasteiger partial charge in [-0.25, -0.2) is 4.79 Å². The summed E-state index contributed by atoms with van der Waals surface area (Å²) in [5.74, 6) is 0. The molecule has 0 radical (unpaired) electrons. The van der Waals surface area contributed by atoms with E-state index >= 15 is 0 Å². The minimum absolute atomic E-state index is 0.341. The second kappa shape index (κ2) is 3.41. The molecule has 0 saturated carbocycles. The highest BCUT2D eigenvalue weighted by atomic mass is 16.2. The van der Waals surface area contributed by atoms with Gasteiger partial charge in [0.05, 0.1) is 5.54 Å². The highest BCUT2D eigenvalue weighted by Gasteiger charge is 2.20. The third kappa shape index (κ3) is 2.68. The first kappa shape index (κ1) is 9.23. The fourth-order valence-corrected chi connectivity index (χ4v) is 0.581. The van der Waals surface area contributed by atoms with E-state index < -0.39 is 6.03 Å². The summed E-state index contributed by atoms with van der Waals surface area (Å²) in [5, 5.41) is 2.57. The Morgan fingerprint density at radius 1 is 1.70 bits per heavy atom. The van der Waals surface area contributed by atoms with Gasteiger partial charge in [-0.05, 0) is 13.3 Å². The largest absolute Gasteiger partial charge is 0.352 e. The standard InChI is InChI=1S/C6H15N3O/c1-3-6(2,4-7)9-5(8)10/h3-4,7H2,1-2H3,(H3,8,9,10). The van der Waals surface area contributed by atoms with Gasteiger partial charge in [0.1, 0.15) is 0 Å². The third-order valence-electron chi connectivity index (χ3n) is 1.66. The summed E-state index contributed by atoms with van der Waals surface area (Å²) in [7, 11) is 0. The molecule has 1 atom stereocenters. The van der Waals surface area contributed by atoms with Crippen molar-refractivity contribution >= 4 is 6.03 Å². The summed E-state index contributed by atoms with van der Waals surface area (Å²) in [6.45, 7) is 4.22. The van der Waals surface area contributed by atoms with Gasteiger partial charge in [0.25, 0.3) is 0 Å². The van der Waals surface area contributed by atoms with Crippen LogP contribution in [0.15, 0.2) is 0 Å². The Bertz CT molecular complexity index is 120. The van der Waals surface area contributed by atoms with E-state index in [9.17, 15) is 4.79 Å². The van der Waals surface area contributed by atoms with Crippen LogP contribution in [0, 0.1) is 0 Å². The Balaban J connectivity index is 3.92. The van der Waals surface area contributed by atoms with Crippen molar-refractivity contribution < 1.29 is 4.79 Å². The van der Waals surface area contributed by atoms with Gasteiger partial charge in [-0.15, -0.1) is 0 Å². The summed E-state index contributed by atoms with van der Waals surface area (Å²) >= 11 is 0. The van der Waals surface area contributed by atoms with Crippen LogP contribution in [0.4, 0.5) is 4.79 Å². The summed E-state index contributed by atoms with van der Waals surface area (Å²) in [6, 6.07) is -0.519. The monoisotopic (exact) mass is 145 g/mol. The van der Waals surface area contributed by atoms with E-state index in [2.05, 4.69) is 5.32 Å². The number of urea groups is 1. The molecule has 10 heavy (non-hydrogen) atoms. The van der Waals surface area contributed by atoms with Crippen molar-refractivity contribution in [3.8, 4) is 0 Å². The Morgan fingerprint density at radius 2 is 2.20 bits per heavy atom. The van der Waals surface area contributed by atoms with Crippen LogP contribution in [-0.4, -0.2) is 18.1 Å². The number of hydrogen-bond acceptors (Lipinski definition) is 2. The Morgan fingerprint density at radius 3 is 2.30 bits per heavy atom. The van der Waals surface area contributed by atoms with Crippen LogP contribution in [0.25, 0.3) is 0 Å². The van der Waals surface area contributed by atoms with Crippen molar-refractivity contribution in [2.75, 3.05) is 6.54 Å². The highest BCUT2D eigenvalue weighted by Crippen LogP contribution is 2.04. The van der Waals surface area contributed by atoms with E-state index in [1.54, 1.807) is 0 Å². The molecule has 0 heterocycles. The first-order chi connectivity index (χ1) is 4.54. The maximum Gasteiger partial charge on any atom is 0.312 e. The van der Waals surface area contributed by atoms with Gasteiger partial charge in [-0.3, -0.25) is 0 Å². The van der Waals surface area contributed by atoms with Crippen molar-refractivity contribution in [1.82, 2.24) is 5.32 Å². The first-order valence-corrected chi connectivity index (χ1v) is 3.32. The molecule has 0 aromatic carbocycles. The maximum atomic E-state index is 10.4. The van der Waals surface area contributed by atoms with Gasteiger partial charge >= 0.3 is 6.03 Å². The van der Waals surface area contributed by atoms with Gasteiger partial charge in [-0.2, -0.15) is 0 Å². The van der Waals surface area contributed by atoms with E-state index in [-0.39, 0.29) is 5.54 Å². The Labute approximate surface area is 61.0 Å². The van der Waals surface area contributed by atoms with Crippen LogP contribution in [0.5, 0.6) is 0 Å². The second-order valence-electron chi connectivity index (χ2n) is 2.61. The predicted molar refractivity (Wildman–Crippen MR) is 40.5 cm³/mol. The zero-order valence-electron chi connectivity index (χ0n) is 6.48. The van der Waals surface area contributed by atoms with E-state index in [4.69, 9.17) is 11.5 Å². The lowest BCUT2D eigenvalue weighted by Crippen LogP contribution is -2.52. The van der Waals surface area contributed by atoms with Gasteiger partial charge in [0.2, 0.25) is 0 Å². The lowest BCUT2D eigenvalue weighted by Gasteiger charge is -2.26. The van der Waals surface area contributed by atoms with Crippen LogP contribution in [0.1, 0.15) is 20.3 Å². The molecule has 0 aliphatic carbocycles. The highest BCUT2D eigenvalue weighted by molar-refractivity contribution is 5.72. The van der Waals surface area contributed by atoms with Crippen LogP contribution in [-0.2, 0) is 0 Å². The van der Waals surface area contributed by atoms with Crippen LogP contribution in [0.3, 0.4) is 0 Å². The SMILES string of the molecule is CCC(C)(CN)NC(N)=O. The van der Waals surface area contributed by atoms with Gasteiger partial charge in [0.15, 0.2) is 0 Å². The molecule has 0 rings (SSSR count). The Kier molecular flexibility index (Phi) is 3.15. The van der Waals surface area contributed by atoms with Crippen molar-refractivity contribution in [3.05, 3.63) is 0 Å². The summed E-state index contributed by atoms with van der Waals surface area (Å²) in [5.41, 5.74) is 9.98. The molecule has 4 heteroatoms.